The highest BCUT2D eigenvalue weighted by Crippen LogP contribution is 2.27. The SMILES string of the molecule is CCN(CC)S(=O)(=O)c1ccc2c(c1)nc(SCC(=O)Nc1ccc(C(N)=O)cc1)n2CC. The van der Waals surface area contributed by atoms with Gasteiger partial charge in [-0.05, 0) is 49.4 Å². The number of imidazole rings is 1. The van der Waals surface area contributed by atoms with E-state index in [1.165, 1.54) is 16.1 Å². The van der Waals surface area contributed by atoms with E-state index in [1.54, 1.807) is 56.3 Å². The van der Waals surface area contributed by atoms with Crippen molar-refractivity contribution in [1.29, 1.82) is 0 Å². The second kappa shape index (κ2) is 10.4. The van der Waals surface area contributed by atoms with E-state index in [-0.39, 0.29) is 16.6 Å². The Labute approximate surface area is 197 Å². The predicted molar refractivity (Wildman–Crippen MR) is 130 cm³/mol. The van der Waals surface area contributed by atoms with Gasteiger partial charge in [-0.2, -0.15) is 4.31 Å². The van der Waals surface area contributed by atoms with Crippen molar-refractivity contribution in [2.45, 2.75) is 37.4 Å². The average molecular weight is 490 g/mol. The van der Waals surface area contributed by atoms with E-state index in [0.717, 1.165) is 5.52 Å². The average Bonchev–Trinajstić information content (AvgIpc) is 3.15. The van der Waals surface area contributed by atoms with Crippen molar-refractivity contribution in [1.82, 2.24) is 13.9 Å². The predicted octanol–water partition coefficient (Wildman–Crippen LogP) is 2.92. The Balaban J connectivity index is 1.77. The number of amides is 2. The molecule has 0 spiro atoms. The summed E-state index contributed by atoms with van der Waals surface area (Å²) in [6, 6.07) is 11.3. The molecule has 0 aliphatic carbocycles. The number of carbonyl (C=O) groups is 2. The lowest BCUT2D eigenvalue weighted by Gasteiger charge is -2.18. The molecule has 0 atom stereocenters. The number of rotatable bonds is 10. The van der Waals surface area contributed by atoms with Crippen molar-refractivity contribution in [3.05, 3.63) is 48.0 Å². The zero-order chi connectivity index (χ0) is 24.2. The third kappa shape index (κ3) is 5.37. The van der Waals surface area contributed by atoms with Gasteiger partial charge in [0.1, 0.15) is 0 Å². The number of sulfonamides is 1. The molecule has 3 aromatic rings. The number of fused-ring (bicyclic) bond motifs is 1. The number of aryl methyl sites for hydroxylation is 1. The van der Waals surface area contributed by atoms with Gasteiger partial charge in [-0.25, -0.2) is 13.4 Å². The molecule has 0 aliphatic heterocycles. The monoisotopic (exact) mass is 489 g/mol. The number of nitrogens with two attached hydrogens (primary N) is 1. The van der Waals surface area contributed by atoms with Crippen LogP contribution in [0, 0.1) is 0 Å². The quantitative estimate of drug-likeness (QED) is 0.422. The van der Waals surface area contributed by atoms with Crippen LogP contribution in [-0.4, -0.2) is 52.9 Å². The fraction of sp³-hybridized carbons (Fsp3) is 0.318. The molecule has 0 saturated heterocycles. The van der Waals surface area contributed by atoms with Gasteiger partial charge in [0.25, 0.3) is 0 Å². The van der Waals surface area contributed by atoms with Gasteiger partial charge in [0.05, 0.1) is 21.7 Å². The molecule has 0 bridgehead atoms. The van der Waals surface area contributed by atoms with Crippen LogP contribution in [0.1, 0.15) is 31.1 Å². The summed E-state index contributed by atoms with van der Waals surface area (Å²) in [5, 5.41) is 3.40. The van der Waals surface area contributed by atoms with E-state index >= 15 is 0 Å². The lowest BCUT2D eigenvalue weighted by molar-refractivity contribution is -0.113. The summed E-state index contributed by atoms with van der Waals surface area (Å²) in [6.07, 6.45) is 0. The number of thioether (sulfide) groups is 1. The third-order valence-corrected chi connectivity index (χ3v) is 8.15. The molecule has 33 heavy (non-hydrogen) atoms. The molecule has 0 aliphatic rings. The first kappa shape index (κ1) is 24.7. The third-order valence-electron chi connectivity index (χ3n) is 5.13. The molecule has 11 heteroatoms. The first-order chi connectivity index (χ1) is 15.7. The van der Waals surface area contributed by atoms with Gasteiger partial charge in [-0.15, -0.1) is 0 Å². The Morgan fingerprint density at radius 3 is 2.33 bits per heavy atom. The van der Waals surface area contributed by atoms with Crippen LogP contribution in [0.25, 0.3) is 11.0 Å². The summed E-state index contributed by atoms with van der Waals surface area (Å²) in [6.45, 7) is 6.97. The lowest BCUT2D eigenvalue weighted by atomic mass is 10.2. The second-order valence-corrected chi connectivity index (χ2v) is 10.0. The molecule has 0 radical (unpaired) electrons. The first-order valence-electron chi connectivity index (χ1n) is 10.5. The summed E-state index contributed by atoms with van der Waals surface area (Å²) in [4.78, 5) is 28.3. The van der Waals surface area contributed by atoms with Crippen LogP contribution in [0.4, 0.5) is 5.69 Å². The highest BCUT2D eigenvalue weighted by atomic mass is 32.2. The molecule has 1 aromatic heterocycles. The molecule has 3 rings (SSSR count). The maximum atomic E-state index is 12.9. The molecule has 1 heterocycles. The molecular formula is C22H27N5O4S2. The van der Waals surface area contributed by atoms with Crippen molar-refractivity contribution in [2.75, 3.05) is 24.2 Å². The Morgan fingerprint density at radius 1 is 1.09 bits per heavy atom. The number of carbonyl (C=O) groups excluding carboxylic acids is 2. The minimum absolute atomic E-state index is 0.117. The molecule has 176 valence electrons. The van der Waals surface area contributed by atoms with Gasteiger partial charge in [0, 0.05) is 30.9 Å². The number of primary amides is 1. The second-order valence-electron chi connectivity index (χ2n) is 7.16. The van der Waals surface area contributed by atoms with E-state index in [2.05, 4.69) is 10.3 Å². The Bertz CT molecular complexity index is 1270. The highest BCUT2D eigenvalue weighted by Gasteiger charge is 2.23. The van der Waals surface area contributed by atoms with E-state index in [1.807, 2.05) is 11.5 Å². The van der Waals surface area contributed by atoms with Crippen LogP contribution in [-0.2, 0) is 21.4 Å². The van der Waals surface area contributed by atoms with Gasteiger partial charge in [-0.1, -0.05) is 25.6 Å². The van der Waals surface area contributed by atoms with Crippen LogP contribution in [0.5, 0.6) is 0 Å². The van der Waals surface area contributed by atoms with E-state index in [4.69, 9.17) is 5.73 Å². The summed E-state index contributed by atoms with van der Waals surface area (Å²) < 4.78 is 29.1. The maximum Gasteiger partial charge on any atom is 0.248 e. The van der Waals surface area contributed by atoms with Crippen molar-refractivity contribution < 1.29 is 18.0 Å². The highest BCUT2D eigenvalue weighted by molar-refractivity contribution is 7.99. The minimum atomic E-state index is -3.59. The van der Waals surface area contributed by atoms with Crippen LogP contribution >= 0.6 is 11.8 Å². The van der Waals surface area contributed by atoms with Crippen LogP contribution in [0.3, 0.4) is 0 Å². The fourth-order valence-corrected chi connectivity index (χ4v) is 5.78. The fourth-order valence-electron chi connectivity index (χ4n) is 3.42. The van der Waals surface area contributed by atoms with Gasteiger partial charge in [0.15, 0.2) is 5.16 Å². The number of nitrogens with zero attached hydrogens (tertiary/aromatic N) is 3. The van der Waals surface area contributed by atoms with Crippen molar-refractivity contribution in [3.63, 3.8) is 0 Å². The Hall–Kier alpha value is -2.89. The molecule has 2 aromatic carbocycles. The Kier molecular flexibility index (Phi) is 7.77. The van der Waals surface area contributed by atoms with Crippen molar-refractivity contribution in [2.24, 2.45) is 5.73 Å². The number of benzene rings is 2. The van der Waals surface area contributed by atoms with E-state index in [9.17, 15) is 18.0 Å². The number of anilines is 1. The molecule has 0 fully saturated rings. The molecule has 3 N–H and O–H groups in total. The minimum Gasteiger partial charge on any atom is -0.366 e. The van der Waals surface area contributed by atoms with Gasteiger partial charge in [-0.3, -0.25) is 9.59 Å². The number of hydrogen-bond acceptors (Lipinski definition) is 6. The smallest absolute Gasteiger partial charge is 0.248 e. The van der Waals surface area contributed by atoms with E-state index < -0.39 is 15.9 Å². The van der Waals surface area contributed by atoms with E-state index in [0.29, 0.717) is 41.6 Å². The van der Waals surface area contributed by atoms with Crippen LogP contribution < -0.4 is 11.1 Å². The summed E-state index contributed by atoms with van der Waals surface area (Å²) in [7, 11) is -3.59. The molecular weight excluding hydrogens is 462 g/mol. The molecule has 9 nitrogen and oxygen atoms in total. The molecule has 2 amide bonds. The number of aromatic nitrogens is 2. The standard InChI is InChI=1S/C22H27N5O4S2/c1-4-26(5-2)33(30,31)17-11-12-19-18(13-17)25-22(27(19)6-3)32-14-20(28)24-16-9-7-15(8-10-16)21(23)29/h7-13H,4-6,14H2,1-3H3,(H2,23,29)(H,24,28). The normalized spacial score (nSPS) is 11.8. The number of nitrogens with one attached hydrogen (secondary N) is 1. The largest absolute Gasteiger partial charge is 0.366 e. The number of hydrogen-bond donors (Lipinski definition) is 2. The zero-order valence-corrected chi connectivity index (χ0v) is 20.4. The summed E-state index contributed by atoms with van der Waals surface area (Å²) in [5.74, 6) is -0.646. The van der Waals surface area contributed by atoms with Crippen molar-refractivity contribution >= 4 is 50.3 Å². The van der Waals surface area contributed by atoms with Gasteiger partial charge < -0.3 is 15.6 Å². The van der Waals surface area contributed by atoms with Crippen LogP contribution in [0.2, 0.25) is 0 Å². The summed E-state index contributed by atoms with van der Waals surface area (Å²) >= 11 is 1.27. The first-order valence-corrected chi connectivity index (χ1v) is 13.0. The summed E-state index contributed by atoms with van der Waals surface area (Å²) in [5.41, 5.74) is 7.51. The van der Waals surface area contributed by atoms with Crippen LogP contribution in [0.15, 0.2) is 52.5 Å². The molecule has 0 unspecified atom stereocenters. The zero-order valence-electron chi connectivity index (χ0n) is 18.7. The van der Waals surface area contributed by atoms with Gasteiger partial charge >= 0.3 is 0 Å². The topological polar surface area (TPSA) is 127 Å². The maximum absolute atomic E-state index is 12.9. The lowest BCUT2D eigenvalue weighted by Crippen LogP contribution is -2.30. The van der Waals surface area contributed by atoms with Gasteiger partial charge in [0.2, 0.25) is 21.8 Å². The van der Waals surface area contributed by atoms with Crippen molar-refractivity contribution in [3.8, 4) is 0 Å². The molecule has 0 saturated carbocycles. The Morgan fingerprint density at radius 2 is 1.76 bits per heavy atom.